The number of hydrogen-bond acceptors (Lipinski definition) is 7. The zero-order valence-corrected chi connectivity index (χ0v) is 19.5. The predicted molar refractivity (Wildman–Crippen MR) is 129 cm³/mol. The van der Waals surface area contributed by atoms with Crippen molar-refractivity contribution in [3.8, 4) is 17.2 Å². The summed E-state index contributed by atoms with van der Waals surface area (Å²) < 4.78 is 13.0. The fourth-order valence-electron chi connectivity index (χ4n) is 3.81. The van der Waals surface area contributed by atoms with E-state index in [-0.39, 0.29) is 11.1 Å². The van der Waals surface area contributed by atoms with Crippen molar-refractivity contribution in [2.75, 3.05) is 0 Å². The summed E-state index contributed by atoms with van der Waals surface area (Å²) >= 11 is 1.03. The molecule has 1 aliphatic rings. The first-order valence-corrected chi connectivity index (χ1v) is 11.5. The van der Waals surface area contributed by atoms with E-state index in [9.17, 15) is 9.59 Å². The van der Waals surface area contributed by atoms with Crippen LogP contribution in [0, 0.1) is 0 Å². The SMILES string of the molecule is Cn1c(COc2ccc(CC3(C)SC(=O)NC3=O)cc2)nc2ccc(Oc3cccnc3)cc21. The number of aryl methyl sites for hydroxylation is 1. The molecule has 1 aliphatic heterocycles. The number of benzene rings is 2. The van der Waals surface area contributed by atoms with Crippen molar-refractivity contribution >= 4 is 33.9 Å². The predicted octanol–water partition coefficient (Wildman–Crippen LogP) is 4.62. The van der Waals surface area contributed by atoms with Crippen LogP contribution in [0.25, 0.3) is 11.0 Å². The molecule has 4 aromatic rings. The van der Waals surface area contributed by atoms with Gasteiger partial charge in [-0.1, -0.05) is 12.1 Å². The topological polar surface area (TPSA) is 95.3 Å². The maximum atomic E-state index is 12.1. The lowest BCUT2D eigenvalue weighted by Crippen LogP contribution is -2.35. The number of imide groups is 1. The van der Waals surface area contributed by atoms with E-state index < -0.39 is 4.75 Å². The second-order valence-electron chi connectivity index (χ2n) is 8.21. The monoisotopic (exact) mass is 474 g/mol. The summed E-state index contributed by atoms with van der Waals surface area (Å²) in [5, 5.41) is 2.05. The van der Waals surface area contributed by atoms with Crippen LogP contribution in [0.5, 0.6) is 17.2 Å². The Labute approximate surface area is 200 Å². The van der Waals surface area contributed by atoms with Crippen LogP contribution in [-0.4, -0.2) is 30.4 Å². The number of hydrogen-bond donors (Lipinski definition) is 1. The largest absolute Gasteiger partial charge is 0.486 e. The molecule has 3 heterocycles. The average Bonchev–Trinajstić information content (AvgIpc) is 3.27. The van der Waals surface area contributed by atoms with Crippen molar-refractivity contribution in [3.05, 3.63) is 78.4 Å². The number of pyridine rings is 1. The van der Waals surface area contributed by atoms with Gasteiger partial charge in [0.15, 0.2) is 0 Å². The number of aromatic nitrogens is 3. The first kappa shape index (κ1) is 22.0. The van der Waals surface area contributed by atoms with Gasteiger partial charge in [0.2, 0.25) is 5.91 Å². The molecule has 1 saturated heterocycles. The van der Waals surface area contributed by atoms with Gasteiger partial charge in [-0.25, -0.2) is 4.98 Å². The zero-order valence-electron chi connectivity index (χ0n) is 18.6. The standard InChI is InChI=1S/C25H22N4O4S/c1-25(23(30)28-24(31)34-25)13-16-5-7-17(8-6-16)32-15-22-27-20-10-9-18(12-21(20)29(22)2)33-19-4-3-11-26-14-19/h3-12,14H,13,15H2,1-2H3,(H,28,30,31). The third-order valence-electron chi connectivity index (χ3n) is 5.66. The zero-order chi connectivity index (χ0) is 23.7. The van der Waals surface area contributed by atoms with Gasteiger partial charge in [-0.05, 0) is 67.1 Å². The number of carbonyl (C=O) groups is 2. The Balaban J connectivity index is 1.25. The molecule has 1 fully saturated rings. The molecule has 0 saturated carbocycles. The van der Waals surface area contributed by atoms with Crippen LogP contribution in [0.4, 0.5) is 4.79 Å². The molecule has 0 spiro atoms. The third-order valence-corrected chi connectivity index (χ3v) is 6.73. The molecule has 9 heteroatoms. The van der Waals surface area contributed by atoms with Gasteiger partial charge in [0, 0.05) is 19.3 Å². The molecule has 2 aromatic heterocycles. The maximum Gasteiger partial charge on any atom is 0.286 e. The minimum atomic E-state index is -0.786. The summed E-state index contributed by atoms with van der Waals surface area (Å²) in [7, 11) is 1.94. The van der Waals surface area contributed by atoms with Crippen LogP contribution < -0.4 is 14.8 Å². The highest BCUT2D eigenvalue weighted by Gasteiger charge is 2.43. The quantitative estimate of drug-likeness (QED) is 0.417. The highest BCUT2D eigenvalue weighted by molar-refractivity contribution is 8.16. The first-order valence-electron chi connectivity index (χ1n) is 10.7. The molecule has 5 rings (SSSR count). The van der Waals surface area contributed by atoms with Crippen LogP contribution in [-0.2, 0) is 24.9 Å². The van der Waals surface area contributed by atoms with Crippen LogP contribution in [0.3, 0.4) is 0 Å². The van der Waals surface area contributed by atoms with Crippen molar-refractivity contribution in [2.24, 2.45) is 7.05 Å². The smallest absolute Gasteiger partial charge is 0.286 e. The molecule has 34 heavy (non-hydrogen) atoms. The number of rotatable bonds is 7. The number of imidazole rings is 1. The highest BCUT2D eigenvalue weighted by Crippen LogP contribution is 2.35. The molecule has 172 valence electrons. The summed E-state index contributed by atoms with van der Waals surface area (Å²) in [5.74, 6) is 2.60. The van der Waals surface area contributed by atoms with Gasteiger partial charge in [-0.2, -0.15) is 0 Å². The molecule has 2 amide bonds. The molecule has 1 atom stereocenters. The Kier molecular flexibility index (Phi) is 5.70. The summed E-state index contributed by atoms with van der Waals surface area (Å²) in [6.45, 7) is 2.08. The summed E-state index contributed by atoms with van der Waals surface area (Å²) in [5.41, 5.74) is 2.74. The Morgan fingerprint density at radius 3 is 2.56 bits per heavy atom. The minimum Gasteiger partial charge on any atom is -0.486 e. The lowest BCUT2D eigenvalue weighted by molar-refractivity contribution is -0.121. The van der Waals surface area contributed by atoms with Gasteiger partial charge in [-0.15, -0.1) is 0 Å². The van der Waals surface area contributed by atoms with Crippen LogP contribution in [0.1, 0.15) is 18.3 Å². The van der Waals surface area contributed by atoms with E-state index in [0.29, 0.717) is 30.3 Å². The Morgan fingerprint density at radius 1 is 1.06 bits per heavy atom. The number of carbonyl (C=O) groups excluding carboxylic acids is 2. The van der Waals surface area contributed by atoms with Crippen LogP contribution in [0.15, 0.2) is 67.0 Å². The Hall–Kier alpha value is -3.85. The lowest BCUT2D eigenvalue weighted by atomic mass is 9.99. The van der Waals surface area contributed by atoms with Crippen molar-refractivity contribution in [1.82, 2.24) is 19.9 Å². The fourth-order valence-corrected chi connectivity index (χ4v) is 4.75. The van der Waals surface area contributed by atoms with E-state index in [1.807, 2.05) is 66.2 Å². The lowest BCUT2D eigenvalue weighted by Gasteiger charge is -2.18. The molecule has 0 bridgehead atoms. The Bertz CT molecular complexity index is 1370. The van der Waals surface area contributed by atoms with E-state index >= 15 is 0 Å². The van der Waals surface area contributed by atoms with Crippen molar-refractivity contribution < 1.29 is 19.1 Å². The first-order chi connectivity index (χ1) is 16.4. The number of nitrogens with zero attached hydrogens (tertiary/aromatic N) is 3. The molecular weight excluding hydrogens is 452 g/mol. The molecule has 1 unspecified atom stereocenters. The van der Waals surface area contributed by atoms with Crippen molar-refractivity contribution in [2.45, 2.75) is 24.7 Å². The molecular formula is C25H22N4O4S. The number of thioether (sulfide) groups is 1. The molecule has 0 aliphatic carbocycles. The fraction of sp³-hybridized carbons (Fsp3) is 0.200. The normalized spacial score (nSPS) is 17.7. The minimum absolute atomic E-state index is 0.251. The van der Waals surface area contributed by atoms with E-state index in [4.69, 9.17) is 9.47 Å². The van der Waals surface area contributed by atoms with Crippen LogP contribution in [0.2, 0.25) is 0 Å². The van der Waals surface area contributed by atoms with Gasteiger partial charge in [0.05, 0.1) is 17.2 Å². The van der Waals surface area contributed by atoms with Crippen molar-refractivity contribution in [1.29, 1.82) is 0 Å². The van der Waals surface area contributed by atoms with E-state index in [1.165, 1.54) is 0 Å². The van der Waals surface area contributed by atoms with Crippen LogP contribution >= 0.6 is 11.8 Å². The van der Waals surface area contributed by atoms with Gasteiger partial charge in [0.25, 0.3) is 5.24 Å². The number of amides is 2. The van der Waals surface area contributed by atoms with E-state index in [0.717, 1.165) is 34.2 Å². The summed E-state index contributed by atoms with van der Waals surface area (Å²) in [4.78, 5) is 32.3. The maximum absolute atomic E-state index is 12.1. The summed E-state index contributed by atoms with van der Waals surface area (Å²) in [6, 6.07) is 17.0. The Morgan fingerprint density at radius 2 is 1.85 bits per heavy atom. The summed E-state index contributed by atoms with van der Waals surface area (Å²) in [6.07, 6.45) is 3.83. The van der Waals surface area contributed by atoms with Gasteiger partial charge in [-0.3, -0.25) is 19.9 Å². The second kappa shape index (κ2) is 8.83. The highest BCUT2D eigenvalue weighted by atomic mass is 32.2. The molecule has 1 N–H and O–H groups in total. The molecule has 8 nitrogen and oxygen atoms in total. The van der Waals surface area contributed by atoms with Crippen molar-refractivity contribution in [3.63, 3.8) is 0 Å². The third kappa shape index (κ3) is 4.47. The molecule has 0 radical (unpaired) electrons. The van der Waals surface area contributed by atoms with Gasteiger partial charge >= 0.3 is 0 Å². The van der Waals surface area contributed by atoms with Gasteiger partial charge < -0.3 is 14.0 Å². The van der Waals surface area contributed by atoms with Gasteiger partial charge in [0.1, 0.15) is 34.4 Å². The number of nitrogens with one attached hydrogen (secondary N) is 1. The molecule has 2 aromatic carbocycles. The van der Waals surface area contributed by atoms with E-state index in [2.05, 4.69) is 15.3 Å². The average molecular weight is 475 g/mol. The second-order valence-corrected chi connectivity index (χ2v) is 9.69. The number of ether oxygens (including phenoxy) is 2. The number of fused-ring (bicyclic) bond motifs is 1. The van der Waals surface area contributed by atoms with E-state index in [1.54, 1.807) is 19.3 Å².